The number of hydrogen-bond acceptors (Lipinski definition) is 4. The van der Waals surface area contributed by atoms with Gasteiger partial charge in [-0.2, -0.15) is 0 Å². The van der Waals surface area contributed by atoms with E-state index in [4.69, 9.17) is 0 Å². The van der Waals surface area contributed by atoms with Crippen LogP contribution in [0.25, 0.3) is 0 Å². The van der Waals surface area contributed by atoms with E-state index in [0.717, 1.165) is 37.8 Å². The van der Waals surface area contributed by atoms with E-state index in [9.17, 15) is 15.3 Å². The van der Waals surface area contributed by atoms with E-state index in [1.54, 1.807) is 12.1 Å². The van der Waals surface area contributed by atoms with Crippen molar-refractivity contribution in [2.24, 2.45) is 5.92 Å². The van der Waals surface area contributed by atoms with Crippen LogP contribution in [0.3, 0.4) is 0 Å². The van der Waals surface area contributed by atoms with Crippen LogP contribution in [-0.2, 0) is 0 Å². The number of phenols is 2. The first-order chi connectivity index (χ1) is 9.04. The van der Waals surface area contributed by atoms with Crippen LogP contribution in [0.15, 0.2) is 18.2 Å². The van der Waals surface area contributed by atoms with Gasteiger partial charge >= 0.3 is 0 Å². The highest BCUT2D eigenvalue weighted by molar-refractivity contribution is 5.37. The number of rotatable bonds is 4. The highest BCUT2D eigenvalue weighted by Gasteiger charge is 2.19. The van der Waals surface area contributed by atoms with E-state index in [0.29, 0.717) is 5.92 Å². The van der Waals surface area contributed by atoms with Gasteiger partial charge in [-0.3, -0.25) is 0 Å². The molecule has 19 heavy (non-hydrogen) atoms. The summed E-state index contributed by atoms with van der Waals surface area (Å²) in [6.07, 6.45) is 3.80. The van der Waals surface area contributed by atoms with Crippen molar-refractivity contribution in [3.63, 3.8) is 0 Å². The molecule has 1 atom stereocenters. The second-order valence-electron chi connectivity index (χ2n) is 5.59. The molecule has 0 aromatic heterocycles. The number of aromatic hydroxyl groups is 2. The predicted molar refractivity (Wildman–Crippen MR) is 74.2 cm³/mol. The number of nitrogens with one attached hydrogen (secondary N) is 1. The molecular weight excluding hydrogens is 242 g/mol. The van der Waals surface area contributed by atoms with Gasteiger partial charge in [0.15, 0.2) is 0 Å². The van der Waals surface area contributed by atoms with Crippen molar-refractivity contribution in [1.29, 1.82) is 0 Å². The molecule has 0 saturated heterocycles. The Kier molecular flexibility index (Phi) is 4.66. The Morgan fingerprint density at radius 1 is 1.11 bits per heavy atom. The molecule has 1 aromatic rings. The van der Waals surface area contributed by atoms with Crippen molar-refractivity contribution in [2.45, 2.75) is 44.8 Å². The summed E-state index contributed by atoms with van der Waals surface area (Å²) < 4.78 is 0. The molecule has 106 valence electrons. The minimum atomic E-state index is -0.114. The summed E-state index contributed by atoms with van der Waals surface area (Å²) in [4.78, 5) is 0. The Morgan fingerprint density at radius 2 is 1.68 bits per heavy atom. The molecule has 0 amide bonds. The lowest BCUT2D eigenvalue weighted by Crippen LogP contribution is -2.29. The third-order valence-corrected chi connectivity index (χ3v) is 3.95. The smallest absolute Gasteiger partial charge is 0.119 e. The largest absolute Gasteiger partial charge is 0.508 e. The highest BCUT2D eigenvalue weighted by Crippen LogP contribution is 2.27. The molecule has 0 aliphatic heterocycles. The number of phenolic OH excluding ortho intramolecular Hbond substituents is 2. The average molecular weight is 265 g/mol. The molecule has 0 radical (unpaired) electrons. The Bertz CT molecular complexity index is 394. The molecule has 1 saturated carbocycles. The Balaban J connectivity index is 1.85. The van der Waals surface area contributed by atoms with Crippen LogP contribution >= 0.6 is 0 Å². The SMILES string of the molecule is CC(NCC1CCC(O)CC1)c1cc(O)cc(O)c1. The van der Waals surface area contributed by atoms with Crippen molar-refractivity contribution in [2.75, 3.05) is 6.54 Å². The maximum atomic E-state index is 9.47. The Hall–Kier alpha value is -1.26. The fraction of sp³-hybridized carbons (Fsp3) is 0.600. The van der Waals surface area contributed by atoms with E-state index in [1.165, 1.54) is 6.07 Å². The fourth-order valence-corrected chi connectivity index (χ4v) is 2.68. The van der Waals surface area contributed by atoms with Gasteiger partial charge in [-0.05, 0) is 62.8 Å². The third kappa shape index (κ3) is 4.11. The second-order valence-corrected chi connectivity index (χ2v) is 5.59. The summed E-state index contributed by atoms with van der Waals surface area (Å²) in [5.74, 6) is 0.783. The van der Waals surface area contributed by atoms with Crippen molar-refractivity contribution < 1.29 is 15.3 Å². The number of aliphatic hydroxyl groups excluding tert-OH is 1. The highest BCUT2D eigenvalue weighted by atomic mass is 16.3. The van der Waals surface area contributed by atoms with Crippen molar-refractivity contribution in [3.05, 3.63) is 23.8 Å². The Labute approximate surface area is 114 Å². The Morgan fingerprint density at radius 3 is 2.26 bits per heavy atom. The minimum absolute atomic E-state index is 0.0874. The van der Waals surface area contributed by atoms with Crippen LogP contribution in [0.1, 0.15) is 44.2 Å². The van der Waals surface area contributed by atoms with Gasteiger partial charge in [0, 0.05) is 12.1 Å². The average Bonchev–Trinajstić information content (AvgIpc) is 2.36. The van der Waals surface area contributed by atoms with Crippen molar-refractivity contribution in [1.82, 2.24) is 5.32 Å². The zero-order chi connectivity index (χ0) is 13.8. The first-order valence-electron chi connectivity index (χ1n) is 6.99. The van der Waals surface area contributed by atoms with Crippen LogP contribution in [-0.4, -0.2) is 28.0 Å². The number of aliphatic hydroxyl groups is 1. The van der Waals surface area contributed by atoms with Gasteiger partial charge in [-0.1, -0.05) is 0 Å². The fourth-order valence-electron chi connectivity index (χ4n) is 2.68. The first kappa shape index (κ1) is 14.2. The lowest BCUT2D eigenvalue weighted by Gasteiger charge is -2.27. The first-order valence-corrected chi connectivity index (χ1v) is 6.99. The van der Waals surface area contributed by atoms with Crippen LogP contribution in [0.5, 0.6) is 11.5 Å². The summed E-state index contributed by atoms with van der Waals surface area (Å²) in [6, 6.07) is 4.76. The van der Waals surface area contributed by atoms with Gasteiger partial charge in [-0.15, -0.1) is 0 Å². The summed E-state index contributed by atoms with van der Waals surface area (Å²) in [5, 5.41) is 31.8. The van der Waals surface area contributed by atoms with E-state index < -0.39 is 0 Å². The lowest BCUT2D eigenvalue weighted by molar-refractivity contribution is 0.108. The lowest BCUT2D eigenvalue weighted by atomic mass is 9.87. The molecular formula is C15H23NO3. The molecule has 4 nitrogen and oxygen atoms in total. The number of hydrogen-bond donors (Lipinski definition) is 4. The van der Waals surface area contributed by atoms with Crippen LogP contribution < -0.4 is 5.32 Å². The molecule has 1 fully saturated rings. The van der Waals surface area contributed by atoms with Gasteiger partial charge in [0.2, 0.25) is 0 Å². The molecule has 0 spiro atoms. The zero-order valence-electron chi connectivity index (χ0n) is 11.3. The van der Waals surface area contributed by atoms with Gasteiger partial charge < -0.3 is 20.6 Å². The monoisotopic (exact) mass is 265 g/mol. The van der Waals surface area contributed by atoms with E-state index in [-0.39, 0.29) is 23.6 Å². The molecule has 1 aliphatic rings. The number of benzene rings is 1. The molecule has 0 heterocycles. The minimum Gasteiger partial charge on any atom is -0.508 e. The maximum Gasteiger partial charge on any atom is 0.119 e. The topological polar surface area (TPSA) is 72.7 Å². The molecule has 2 rings (SSSR count). The summed E-state index contributed by atoms with van der Waals surface area (Å²) in [6.45, 7) is 2.93. The van der Waals surface area contributed by atoms with Gasteiger partial charge in [0.1, 0.15) is 11.5 Å². The molecule has 4 heteroatoms. The second kappa shape index (κ2) is 6.26. The summed E-state index contributed by atoms with van der Waals surface area (Å²) in [5.41, 5.74) is 0.883. The van der Waals surface area contributed by atoms with E-state index in [2.05, 4.69) is 5.32 Å². The maximum absolute atomic E-state index is 9.47. The molecule has 1 unspecified atom stereocenters. The van der Waals surface area contributed by atoms with Gasteiger partial charge in [0.25, 0.3) is 0 Å². The molecule has 4 N–H and O–H groups in total. The molecule has 1 aliphatic carbocycles. The third-order valence-electron chi connectivity index (χ3n) is 3.95. The van der Waals surface area contributed by atoms with E-state index >= 15 is 0 Å². The van der Waals surface area contributed by atoms with Crippen molar-refractivity contribution >= 4 is 0 Å². The standard InChI is InChI=1S/C15H23NO3/c1-10(12-6-14(18)8-15(19)7-12)16-9-11-2-4-13(17)5-3-11/h6-8,10-11,13,16-19H,2-5,9H2,1H3. The normalized spacial score (nSPS) is 25.2. The van der Waals surface area contributed by atoms with Gasteiger partial charge in [-0.25, -0.2) is 0 Å². The summed E-state index contributed by atoms with van der Waals surface area (Å²) >= 11 is 0. The van der Waals surface area contributed by atoms with Crippen LogP contribution in [0.2, 0.25) is 0 Å². The van der Waals surface area contributed by atoms with Crippen LogP contribution in [0, 0.1) is 5.92 Å². The van der Waals surface area contributed by atoms with Crippen LogP contribution in [0.4, 0.5) is 0 Å². The zero-order valence-corrected chi connectivity index (χ0v) is 11.3. The quantitative estimate of drug-likeness (QED) is 0.674. The summed E-state index contributed by atoms with van der Waals surface area (Å²) in [7, 11) is 0. The van der Waals surface area contributed by atoms with Gasteiger partial charge in [0.05, 0.1) is 6.10 Å². The van der Waals surface area contributed by atoms with E-state index in [1.807, 2.05) is 6.92 Å². The molecule has 0 bridgehead atoms. The predicted octanol–water partition coefficient (Wildman–Crippen LogP) is 2.30. The molecule has 1 aromatic carbocycles. The van der Waals surface area contributed by atoms with Crippen molar-refractivity contribution in [3.8, 4) is 11.5 Å².